The van der Waals surface area contributed by atoms with Gasteiger partial charge in [-0.25, -0.2) is 4.98 Å². The average molecular weight is 253 g/mol. The van der Waals surface area contributed by atoms with Gasteiger partial charge < -0.3 is 10.2 Å². The van der Waals surface area contributed by atoms with Crippen LogP contribution in [0.2, 0.25) is 0 Å². The van der Waals surface area contributed by atoms with Crippen LogP contribution in [-0.2, 0) is 6.42 Å². The molecule has 1 aliphatic heterocycles. The first-order valence-electron chi connectivity index (χ1n) is 6.70. The molecule has 17 heavy (non-hydrogen) atoms. The van der Waals surface area contributed by atoms with Crippen LogP contribution < -0.4 is 5.32 Å². The maximum atomic E-state index is 4.48. The summed E-state index contributed by atoms with van der Waals surface area (Å²) in [6.45, 7) is 9.21. The van der Waals surface area contributed by atoms with Gasteiger partial charge >= 0.3 is 0 Å². The van der Waals surface area contributed by atoms with Gasteiger partial charge in [-0.05, 0) is 39.3 Å². The third-order valence-electron chi connectivity index (χ3n) is 3.37. The lowest BCUT2D eigenvalue weighted by Crippen LogP contribution is -2.31. The van der Waals surface area contributed by atoms with Crippen LogP contribution in [0.25, 0.3) is 0 Å². The Morgan fingerprint density at radius 3 is 2.88 bits per heavy atom. The summed E-state index contributed by atoms with van der Waals surface area (Å²) in [6.07, 6.45) is 5.86. The summed E-state index contributed by atoms with van der Waals surface area (Å²) in [7, 11) is 0. The van der Waals surface area contributed by atoms with E-state index in [1.54, 1.807) is 0 Å². The minimum Gasteiger partial charge on any atom is -0.307 e. The van der Waals surface area contributed by atoms with E-state index in [9.17, 15) is 0 Å². The van der Waals surface area contributed by atoms with Crippen LogP contribution in [0.15, 0.2) is 6.20 Å². The van der Waals surface area contributed by atoms with Gasteiger partial charge in [-0.15, -0.1) is 11.3 Å². The largest absolute Gasteiger partial charge is 0.307 e. The summed E-state index contributed by atoms with van der Waals surface area (Å²) in [5, 5.41) is 4.79. The van der Waals surface area contributed by atoms with E-state index >= 15 is 0 Å². The molecule has 4 heteroatoms. The Bertz CT molecular complexity index is 331. The first-order valence-corrected chi connectivity index (χ1v) is 7.51. The molecule has 1 aromatic rings. The highest BCUT2D eigenvalue weighted by atomic mass is 32.1. The summed E-state index contributed by atoms with van der Waals surface area (Å²) in [6, 6.07) is 0.392. The third kappa shape index (κ3) is 3.76. The quantitative estimate of drug-likeness (QED) is 0.844. The molecule has 0 aliphatic carbocycles. The molecule has 1 fully saturated rings. The van der Waals surface area contributed by atoms with Crippen molar-refractivity contribution in [3.05, 3.63) is 16.1 Å². The monoisotopic (exact) mass is 253 g/mol. The number of hydrogen-bond acceptors (Lipinski definition) is 4. The molecule has 2 heterocycles. The van der Waals surface area contributed by atoms with E-state index in [1.807, 2.05) is 17.5 Å². The lowest BCUT2D eigenvalue weighted by atomic mass is 10.3. The van der Waals surface area contributed by atoms with Crippen LogP contribution in [0.1, 0.15) is 42.6 Å². The van der Waals surface area contributed by atoms with Gasteiger partial charge in [0.1, 0.15) is 5.01 Å². The molecule has 3 nitrogen and oxygen atoms in total. The molecule has 96 valence electrons. The Balaban J connectivity index is 1.70. The molecule has 1 N–H and O–H groups in total. The molecule has 0 saturated carbocycles. The fourth-order valence-corrected chi connectivity index (χ4v) is 3.10. The molecule has 0 amide bonds. The van der Waals surface area contributed by atoms with Crippen molar-refractivity contribution in [2.75, 3.05) is 26.2 Å². The first kappa shape index (κ1) is 13.0. The molecule has 0 bridgehead atoms. The SMILES string of the molecule is CCc1cnc(C(C)NCCN2CCCC2)s1. The number of rotatable bonds is 6. The minimum atomic E-state index is 0.392. The molecule has 1 saturated heterocycles. The summed E-state index contributed by atoms with van der Waals surface area (Å²) in [5.74, 6) is 0. The molecule has 0 spiro atoms. The fourth-order valence-electron chi connectivity index (χ4n) is 2.22. The van der Waals surface area contributed by atoms with Crippen molar-refractivity contribution in [2.45, 2.75) is 39.2 Å². The van der Waals surface area contributed by atoms with Gasteiger partial charge in [-0.3, -0.25) is 0 Å². The zero-order chi connectivity index (χ0) is 12.1. The standard InChI is InChI=1S/C13H23N3S/c1-3-12-10-15-13(17-12)11(2)14-6-9-16-7-4-5-8-16/h10-11,14H,3-9H2,1-2H3. The van der Waals surface area contributed by atoms with Gasteiger partial charge in [0.25, 0.3) is 0 Å². The van der Waals surface area contributed by atoms with E-state index in [1.165, 1.54) is 42.4 Å². The zero-order valence-corrected chi connectivity index (χ0v) is 11.7. The molecule has 0 aromatic carbocycles. The predicted octanol–water partition coefficient (Wildman–Crippen LogP) is 2.45. The Morgan fingerprint density at radius 1 is 1.47 bits per heavy atom. The molecule has 1 aliphatic rings. The van der Waals surface area contributed by atoms with Crippen LogP contribution in [-0.4, -0.2) is 36.1 Å². The highest BCUT2D eigenvalue weighted by molar-refractivity contribution is 7.11. The Hall–Kier alpha value is -0.450. The van der Waals surface area contributed by atoms with Crippen molar-refractivity contribution in [3.8, 4) is 0 Å². The summed E-state index contributed by atoms with van der Waals surface area (Å²) in [5.41, 5.74) is 0. The maximum absolute atomic E-state index is 4.48. The van der Waals surface area contributed by atoms with E-state index in [0.717, 1.165) is 13.0 Å². The van der Waals surface area contributed by atoms with Gasteiger partial charge in [-0.1, -0.05) is 6.92 Å². The van der Waals surface area contributed by atoms with E-state index in [4.69, 9.17) is 0 Å². The highest BCUT2D eigenvalue weighted by Crippen LogP contribution is 2.20. The van der Waals surface area contributed by atoms with Gasteiger partial charge in [0.2, 0.25) is 0 Å². The number of hydrogen-bond donors (Lipinski definition) is 1. The average Bonchev–Trinajstić information content (AvgIpc) is 2.99. The highest BCUT2D eigenvalue weighted by Gasteiger charge is 2.12. The second kappa shape index (κ2) is 6.47. The van der Waals surface area contributed by atoms with E-state index in [-0.39, 0.29) is 0 Å². The second-order valence-corrected chi connectivity index (χ2v) is 5.89. The summed E-state index contributed by atoms with van der Waals surface area (Å²) < 4.78 is 0. The molecule has 1 aromatic heterocycles. The summed E-state index contributed by atoms with van der Waals surface area (Å²) in [4.78, 5) is 8.40. The van der Waals surface area contributed by atoms with E-state index < -0.39 is 0 Å². The number of aromatic nitrogens is 1. The van der Waals surface area contributed by atoms with Crippen LogP contribution in [0, 0.1) is 0 Å². The van der Waals surface area contributed by atoms with Crippen LogP contribution >= 0.6 is 11.3 Å². The van der Waals surface area contributed by atoms with Crippen LogP contribution in [0.3, 0.4) is 0 Å². The lowest BCUT2D eigenvalue weighted by Gasteiger charge is -2.17. The Kier molecular flexibility index (Phi) is 4.95. The van der Waals surface area contributed by atoms with E-state index in [2.05, 4.69) is 29.0 Å². The second-order valence-electron chi connectivity index (χ2n) is 4.74. The number of nitrogens with zero attached hydrogens (tertiary/aromatic N) is 2. The smallest absolute Gasteiger partial charge is 0.109 e. The van der Waals surface area contributed by atoms with Gasteiger partial charge in [-0.2, -0.15) is 0 Å². The number of likely N-dealkylation sites (tertiary alicyclic amines) is 1. The zero-order valence-electron chi connectivity index (χ0n) is 10.9. The van der Waals surface area contributed by atoms with Gasteiger partial charge in [0, 0.05) is 24.2 Å². The third-order valence-corrected chi connectivity index (χ3v) is 4.69. The Labute approximate surface area is 108 Å². The topological polar surface area (TPSA) is 28.2 Å². The van der Waals surface area contributed by atoms with Crippen LogP contribution in [0.5, 0.6) is 0 Å². The fraction of sp³-hybridized carbons (Fsp3) is 0.769. The number of aryl methyl sites for hydroxylation is 1. The normalized spacial score (nSPS) is 18.7. The van der Waals surface area contributed by atoms with Crippen molar-refractivity contribution in [3.63, 3.8) is 0 Å². The molecule has 2 rings (SSSR count). The van der Waals surface area contributed by atoms with Crippen LogP contribution in [0.4, 0.5) is 0 Å². The molecule has 1 unspecified atom stereocenters. The predicted molar refractivity (Wildman–Crippen MR) is 73.6 cm³/mol. The minimum absolute atomic E-state index is 0.392. The maximum Gasteiger partial charge on any atom is 0.109 e. The van der Waals surface area contributed by atoms with Crippen molar-refractivity contribution in [1.82, 2.24) is 15.2 Å². The number of nitrogens with one attached hydrogen (secondary N) is 1. The van der Waals surface area contributed by atoms with Gasteiger partial charge in [0.05, 0.1) is 6.04 Å². The number of thiazole rings is 1. The molecule has 0 radical (unpaired) electrons. The lowest BCUT2D eigenvalue weighted by molar-refractivity contribution is 0.329. The van der Waals surface area contributed by atoms with Crippen molar-refractivity contribution in [1.29, 1.82) is 0 Å². The van der Waals surface area contributed by atoms with E-state index in [0.29, 0.717) is 6.04 Å². The van der Waals surface area contributed by atoms with Gasteiger partial charge in [0.15, 0.2) is 0 Å². The molecular weight excluding hydrogens is 230 g/mol. The Morgan fingerprint density at radius 2 is 2.24 bits per heavy atom. The van der Waals surface area contributed by atoms with Crippen molar-refractivity contribution in [2.24, 2.45) is 0 Å². The van der Waals surface area contributed by atoms with Crippen molar-refractivity contribution < 1.29 is 0 Å². The summed E-state index contributed by atoms with van der Waals surface area (Å²) >= 11 is 1.84. The molecule has 1 atom stereocenters. The molecular formula is C13H23N3S. The first-order chi connectivity index (χ1) is 8.29. The van der Waals surface area contributed by atoms with Crippen molar-refractivity contribution >= 4 is 11.3 Å².